The van der Waals surface area contributed by atoms with Gasteiger partial charge in [0, 0.05) is 12.6 Å². The van der Waals surface area contributed by atoms with Crippen molar-refractivity contribution in [2.45, 2.75) is 31.9 Å². The van der Waals surface area contributed by atoms with Gasteiger partial charge >= 0.3 is 18.0 Å². The third-order valence-corrected chi connectivity index (χ3v) is 3.91. The summed E-state index contributed by atoms with van der Waals surface area (Å²) in [5.74, 6) is -2.66. The fourth-order valence-corrected chi connectivity index (χ4v) is 2.71. The molecule has 2 rings (SSSR count). The van der Waals surface area contributed by atoms with Crippen molar-refractivity contribution in [2.24, 2.45) is 5.92 Å². The van der Waals surface area contributed by atoms with Crippen molar-refractivity contribution in [3.63, 3.8) is 0 Å². The van der Waals surface area contributed by atoms with Gasteiger partial charge in [-0.25, -0.2) is 4.79 Å². The first-order chi connectivity index (χ1) is 11.0. The highest BCUT2D eigenvalue weighted by atomic mass is 16.6. The summed E-state index contributed by atoms with van der Waals surface area (Å²) in [6.07, 6.45) is -0.470. The molecule has 2 atom stereocenters. The summed E-state index contributed by atoms with van der Waals surface area (Å²) in [4.78, 5) is 35.6. The monoisotopic (exact) mass is 321 g/mol. The SMILES string of the molecule is O=C(O)C[C@@H]1C[C@H](C(=O)O)CCN1C(=O)OCc1ccccc1. The van der Waals surface area contributed by atoms with E-state index in [-0.39, 0.29) is 26.0 Å². The maximum atomic E-state index is 12.2. The second-order valence-electron chi connectivity index (χ2n) is 5.54. The number of hydrogen-bond donors (Lipinski definition) is 2. The summed E-state index contributed by atoms with van der Waals surface area (Å²) in [6, 6.07) is 8.48. The molecule has 1 aliphatic rings. The highest BCUT2D eigenvalue weighted by Gasteiger charge is 2.36. The van der Waals surface area contributed by atoms with E-state index in [2.05, 4.69) is 0 Å². The minimum Gasteiger partial charge on any atom is -0.481 e. The lowest BCUT2D eigenvalue weighted by atomic mass is 9.89. The highest BCUT2D eigenvalue weighted by Crippen LogP contribution is 2.26. The second-order valence-corrected chi connectivity index (χ2v) is 5.54. The van der Waals surface area contributed by atoms with Crippen LogP contribution in [0.4, 0.5) is 4.79 Å². The van der Waals surface area contributed by atoms with E-state index in [1.54, 1.807) is 0 Å². The number of likely N-dealkylation sites (tertiary alicyclic amines) is 1. The molecule has 0 aromatic heterocycles. The molecule has 1 fully saturated rings. The van der Waals surface area contributed by atoms with E-state index < -0.39 is 30.0 Å². The Balaban J connectivity index is 1.98. The van der Waals surface area contributed by atoms with Crippen molar-refractivity contribution < 1.29 is 29.3 Å². The third kappa shape index (κ3) is 4.70. The van der Waals surface area contributed by atoms with Crippen LogP contribution in [0.1, 0.15) is 24.8 Å². The first kappa shape index (κ1) is 16.8. The number of benzene rings is 1. The van der Waals surface area contributed by atoms with Crippen LogP contribution in [0.25, 0.3) is 0 Å². The van der Waals surface area contributed by atoms with Crippen LogP contribution in [-0.4, -0.2) is 45.7 Å². The molecule has 1 amide bonds. The van der Waals surface area contributed by atoms with Gasteiger partial charge in [-0.3, -0.25) is 9.59 Å². The fraction of sp³-hybridized carbons (Fsp3) is 0.438. The summed E-state index contributed by atoms with van der Waals surface area (Å²) in [6.45, 7) is 0.279. The number of nitrogens with zero attached hydrogens (tertiary/aromatic N) is 1. The van der Waals surface area contributed by atoms with Crippen LogP contribution in [0.2, 0.25) is 0 Å². The Bertz CT molecular complexity index is 573. The van der Waals surface area contributed by atoms with Gasteiger partial charge in [0.25, 0.3) is 0 Å². The molecule has 0 spiro atoms. The summed E-state index contributed by atoms with van der Waals surface area (Å²) >= 11 is 0. The van der Waals surface area contributed by atoms with E-state index in [9.17, 15) is 14.4 Å². The van der Waals surface area contributed by atoms with Crippen molar-refractivity contribution in [1.29, 1.82) is 0 Å². The number of carbonyl (C=O) groups excluding carboxylic acids is 1. The Hall–Kier alpha value is -2.57. The predicted molar refractivity (Wildman–Crippen MR) is 79.7 cm³/mol. The Morgan fingerprint density at radius 1 is 1.17 bits per heavy atom. The molecule has 23 heavy (non-hydrogen) atoms. The van der Waals surface area contributed by atoms with E-state index in [4.69, 9.17) is 14.9 Å². The van der Waals surface area contributed by atoms with E-state index in [0.29, 0.717) is 6.42 Å². The molecule has 0 unspecified atom stereocenters. The average Bonchev–Trinajstić information content (AvgIpc) is 2.53. The van der Waals surface area contributed by atoms with Crippen LogP contribution < -0.4 is 0 Å². The molecule has 124 valence electrons. The summed E-state index contributed by atoms with van der Waals surface area (Å²) in [5, 5.41) is 18.1. The maximum Gasteiger partial charge on any atom is 0.410 e. The van der Waals surface area contributed by atoms with Gasteiger partial charge in [0.05, 0.1) is 12.3 Å². The number of carboxylic acids is 2. The van der Waals surface area contributed by atoms with Gasteiger partial charge in [0.15, 0.2) is 0 Å². The lowest BCUT2D eigenvalue weighted by Gasteiger charge is -2.36. The molecular weight excluding hydrogens is 302 g/mol. The predicted octanol–water partition coefficient (Wildman–Crippen LogP) is 1.96. The van der Waals surface area contributed by atoms with E-state index in [0.717, 1.165) is 5.56 Å². The zero-order valence-corrected chi connectivity index (χ0v) is 12.6. The minimum atomic E-state index is -1.07. The topological polar surface area (TPSA) is 104 Å². The number of amides is 1. The number of carboxylic acid groups (broad SMARTS) is 2. The largest absolute Gasteiger partial charge is 0.481 e. The normalized spacial score (nSPS) is 20.8. The molecule has 7 heteroatoms. The Kier molecular flexibility index (Phi) is 5.56. The molecule has 1 aliphatic heterocycles. The number of carbonyl (C=O) groups is 3. The van der Waals surface area contributed by atoms with Crippen molar-refractivity contribution in [1.82, 2.24) is 4.90 Å². The van der Waals surface area contributed by atoms with Crippen LogP contribution in [0.3, 0.4) is 0 Å². The molecule has 1 saturated heterocycles. The Morgan fingerprint density at radius 3 is 2.48 bits per heavy atom. The van der Waals surface area contributed by atoms with Crippen LogP contribution >= 0.6 is 0 Å². The Labute approximate surface area is 133 Å². The zero-order valence-electron chi connectivity index (χ0n) is 12.6. The van der Waals surface area contributed by atoms with Crippen LogP contribution in [0.15, 0.2) is 30.3 Å². The van der Waals surface area contributed by atoms with Crippen molar-refractivity contribution in [2.75, 3.05) is 6.54 Å². The van der Waals surface area contributed by atoms with Gasteiger partial charge in [0.1, 0.15) is 6.61 Å². The van der Waals surface area contributed by atoms with Crippen LogP contribution in [0, 0.1) is 5.92 Å². The van der Waals surface area contributed by atoms with Gasteiger partial charge in [0.2, 0.25) is 0 Å². The smallest absolute Gasteiger partial charge is 0.410 e. The molecule has 2 N–H and O–H groups in total. The number of ether oxygens (including phenoxy) is 1. The van der Waals surface area contributed by atoms with Gasteiger partial charge in [-0.1, -0.05) is 30.3 Å². The van der Waals surface area contributed by atoms with E-state index in [1.165, 1.54) is 4.90 Å². The van der Waals surface area contributed by atoms with Crippen molar-refractivity contribution in [3.05, 3.63) is 35.9 Å². The number of piperidine rings is 1. The molecule has 1 aromatic rings. The first-order valence-corrected chi connectivity index (χ1v) is 7.39. The molecule has 7 nitrogen and oxygen atoms in total. The van der Waals surface area contributed by atoms with Gasteiger partial charge in [-0.15, -0.1) is 0 Å². The van der Waals surface area contributed by atoms with E-state index in [1.807, 2.05) is 30.3 Å². The van der Waals surface area contributed by atoms with Crippen LogP contribution in [-0.2, 0) is 20.9 Å². The zero-order chi connectivity index (χ0) is 16.8. The number of hydrogen-bond acceptors (Lipinski definition) is 4. The Morgan fingerprint density at radius 2 is 1.87 bits per heavy atom. The minimum absolute atomic E-state index is 0.0956. The molecule has 0 saturated carbocycles. The summed E-state index contributed by atoms with van der Waals surface area (Å²) in [7, 11) is 0. The molecular formula is C16H19NO6. The lowest BCUT2D eigenvalue weighted by molar-refractivity contribution is -0.146. The number of aliphatic carboxylic acids is 2. The van der Waals surface area contributed by atoms with Gasteiger partial charge < -0.3 is 19.8 Å². The quantitative estimate of drug-likeness (QED) is 0.859. The van der Waals surface area contributed by atoms with Gasteiger partial charge in [-0.2, -0.15) is 0 Å². The standard InChI is InChI=1S/C16H19NO6/c18-14(19)9-13-8-12(15(20)21)6-7-17(13)16(22)23-10-11-4-2-1-3-5-11/h1-5,12-13H,6-10H2,(H,18,19)(H,20,21)/t12-,13+/m1/s1. The lowest BCUT2D eigenvalue weighted by Crippen LogP contribution is -2.48. The molecule has 0 bridgehead atoms. The van der Waals surface area contributed by atoms with E-state index >= 15 is 0 Å². The van der Waals surface area contributed by atoms with Crippen LogP contribution in [0.5, 0.6) is 0 Å². The molecule has 1 heterocycles. The number of rotatable bonds is 5. The third-order valence-electron chi connectivity index (χ3n) is 3.91. The maximum absolute atomic E-state index is 12.2. The fourth-order valence-electron chi connectivity index (χ4n) is 2.71. The highest BCUT2D eigenvalue weighted by molar-refractivity contribution is 5.74. The summed E-state index contributed by atoms with van der Waals surface area (Å²) < 4.78 is 5.22. The van der Waals surface area contributed by atoms with Crippen molar-refractivity contribution >= 4 is 18.0 Å². The average molecular weight is 321 g/mol. The molecule has 1 aromatic carbocycles. The second kappa shape index (κ2) is 7.62. The van der Waals surface area contributed by atoms with Crippen molar-refractivity contribution in [3.8, 4) is 0 Å². The van der Waals surface area contributed by atoms with Gasteiger partial charge in [-0.05, 0) is 18.4 Å². The first-order valence-electron chi connectivity index (χ1n) is 7.39. The molecule has 0 aliphatic carbocycles. The summed E-state index contributed by atoms with van der Waals surface area (Å²) in [5.41, 5.74) is 0.830. The molecule has 0 radical (unpaired) electrons.